The van der Waals surface area contributed by atoms with Crippen molar-refractivity contribution >= 4 is 45.1 Å². The Morgan fingerprint density at radius 3 is 2.00 bits per heavy atom. The van der Waals surface area contributed by atoms with E-state index in [0.717, 1.165) is 10.9 Å². The summed E-state index contributed by atoms with van der Waals surface area (Å²) in [6.07, 6.45) is 0.803. The van der Waals surface area contributed by atoms with Crippen LogP contribution in [-0.2, 0) is 25.5 Å². The van der Waals surface area contributed by atoms with E-state index < -0.39 is 11.9 Å². The SMILES string of the molecule is CCc1ccc(NC(=O)COC(=O)CCC(=O)Nc2ccc(Br)cc2)cc1. The lowest BCUT2D eigenvalue weighted by molar-refractivity contribution is -0.147. The second-order valence-corrected chi connectivity index (χ2v) is 6.73. The third kappa shape index (κ3) is 7.62. The highest BCUT2D eigenvalue weighted by Crippen LogP contribution is 2.14. The van der Waals surface area contributed by atoms with Gasteiger partial charge in [-0.15, -0.1) is 0 Å². The average Bonchev–Trinajstić information content (AvgIpc) is 2.67. The van der Waals surface area contributed by atoms with Crippen molar-refractivity contribution in [1.82, 2.24) is 0 Å². The van der Waals surface area contributed by atoms with Crippen molar-refractivity contribution < 1.29 is 19.1 Å². The Hall–Kier alpha value is -2.67. The van der Waals surface area contributed by atoms with Gasteiger partial charge < -0.3 is 15.4 Å². The van der Waals surface area contributed by atoms with Crippen LogP contribution in [0.4, 0.5) is 11.4 Å². The Labute approximate surface area is 166 Å². The maximum absolute atomic E-state index is 11.8. The third-order valence-corrected chi connectivity index (χ3v) is 4.22. The van der Waals surface area contributed by atoms with Gasteiger partial charge in [-0.2, -0.15) is 0 Å². The second kappa shape index (κ2) is 10.5. The molecule has 0 aliphatic heterocycles. The molecule has 0 heterocycles. The molecule has 27 heavy (non-hydrogen) atoms. The fraction of sp³-hybridized carbons (Fsp3) is 0.250. The number of carbonyl (C=O) groups excluding carboxylic acids is 3. The first-order valence-corrected chi connectivity index (χ1v) is 9.35. The van der Waals surface area contributed by atoms with Gasteiger partial charge in [0.05, 0.1) is 6.42 Å². The number of halogens is 1. The fourth-order valence-electron chi connectivity index (χ4n) is 2.21. The number of hydrogen-bond acceptors (Lipinski definition) is 4. The number of amides is 2. The molecule has 2 rings (SSSR count). The van der Waals surface area contributed by atoms with E-state index in [1.807, 2.05) is 19.1 Å². The summed E-state index contributed by atoms with van der Waals surface area (Å²) in [6.45, 7) is 1.66. The molecule has 0 bridgehead atoms. The highest BCUT2D eigenvalue weighted by Gasteiger charge is 2.11. The molecule has 0 unspecified atom stereocenters. The Kier molecular flexibility index (Phi) is 8.00. The molecule has 0 atom stereocenters. The summed E-state index contributed by atoms with van der Waals surface area (Å²) in [5.41, 5.74) is 2.45. The number of aryl methyl sites for hydroxylation is 1. The standard InChI is InChI=1S/C20H21BrN2O4/c1-2-14-3-7-16(8-4-14)23-19(25)13-27-20(26)12-11-18(24)22-17-9-5-15(21)6-10-17/h3-10H,2,11-13H2,1H3,(H,22,24)(H,23,25). The fourth-order valence-corrected chi connectivity index (χ4v) is 2.48. The first-order valence-electron chi connectivity index (χ1n) is 8.56. The summed E-state index contributed by atoms with van der Waals surface area (Å²) in [7, 11) is 0. The molecule has 0 aliphatic rings. The molecule has 7 heteroatoms. The molecule has 0 saturated carbocycles. The quantitative estimate of drug-likeness (QED) is 0.619. The Balaban J connectivity index is 1.66. The van der Waals surface area contributed by atoms with Crippen LogP contribution >= 0.6 is 15.9 Å². The van der Waals surface area contributed by atoms with Crippen molar-refractivity contribution in [3.63, 3.8) is 0 Å². The molecule has 0 aromatic heterocycles. The van der Waals surface area contributed by atoms with Crippen LogP contribution in [0.2, 0.25) is 0 Å². The topological polar surface area (TPSA) is 84.5 Å². The first kappa shape index (κ1) is 20.6. The van der Waals surface area contributed by atoms with E-state index in [9.17, 15) is 14.4 Å². The number of benzene rings is 2. The smallest absolute Gasteiger partial charge is 0.306 e. The van der Waals surface area contributed by atoms with Gasteiger partial charge in [-0.1, -0.05) is 35.0 Å². The lowest BCUT2D eigenvalue weighted by atomic mass is 10.1. The van der Waals surface area contributed by atoms with Crippen LogP contribution in [-0.4, -0.2) is 24.4 Å². The van der Waals surface area contributed by atoms with Crippen molar-refractivity contribution in [2.75, 3.05) is 17.2 Å². The van der Waals surface area contributed by atoms with E-state index in [2.05, 4.69) is 26.6 Å². The predicted octanol–water partition coefficient (Wildman–Crippen LogP) is 3.91. The number of hydrogen-bond donors (Lipinski definition) is 2. The van der Waals surface area contributed by atoms with Crippen molar-refractivity contribution in [2.45, 2.75) is 26.2 Å². The molecular weight excluding hydrogens is 412 g/mol. The summed E-state index contributed by atoms with van der Waals surface area (Å²) in [5.74, 6) is -1.32. The molecule has 2 aromatic rings. The molecule has 2 N–H and O–H groups in total. The average molecular weight is 433 g/mol. The van der Waals surface area contributed by atoms with Gasteiger partial charge in [-0.25, -0.2) is 0 Å². The van der Waals surface area contributed by atoms with Crippen LogP contribution in [0.5, 0.6) is 0 Å². The summed E-state index contributed by atoms with van der Waals surface area (Å²) >= 11 is 3.31. The highest BCUT2D eigenvalue weighted by molar-refractivity contribution is 9.10. The van der Waals surface area contributed by atoms with E-state index in [1.165, 1.54) is 5.56 Å². The van der Waals surface area contributed by atoms with E-state index in [1.54, 1.807) is 36.4 Å². The van der Waals surface area contributed by atoms with Gasteiger partial charge in [-0.05, 0) is 48.4 Å². The number of carbonyl (C=O) groups is 3. The Morgan fingerprint density at radius 2 is 1.41 bits per heavy atom. The van der Waals surface area contributed by atoms with E-state index in [-0.39, 0.29) is 25.4 Å². The molecule has 2 aromatic carbocycles. The van der Waals surface area contributed by atoms with Crippen LogP contribution in [0, 0.1) is 0 Å². The molecular formula is C20H21BrN2O4. The van der Waals surface area contributed by atoms with Crippen molar-refractivity contribution in [2.24, 2.45) is 0 Å². The molecule has 0 aliphatic carbocycles. The van der Waals surface area contributed by atoms with Gasteiger partial charge in [0.1, 0.15) is 0 Å². The monoisotopic (exact) mass is 432 g/mol. The van der Waals surface area contributed by atoms with E-state index in [0.29, 0.717) is 11.4 Å². The zero-order valence-electron chi connectivity index (χ0n) is 15.0. The van der Waals surface area contributed by atoms with Crippen LogP contribution in [0.25, 0.3) is 0 Å². The van der Waals surface area contributed by atoms with Crippen LogP contribution in [0.15, 0.2) is 53.0 Å². The largest absolute Gasteiger partial charge is 0.456 e. The van der Waals surface area contributed by atoms with Crippen LogP contribution in [0.1, 0.15) is 25.3 Å². The highest BCUT2D eigenvalue weighted by atomic mass is 79.9. The number of nitrogens with one attached hydrogen (secondary N) is 2. The van der Waals surface area contributed by atoms with E-state index >= 15 is 0 Å². The first-order chi connectivity index (χ1) is 13.0. The lowest BCUT2D eigenvalue weighted by Crippen LogP contribution is -2.21. The summed E-state index contributed by atoms with van der Waals surface area (Å²) < 4.78 is 5.81. The molecule has 142 valence electrons. The summed E-state index contributed by atoms with van der Waals surface area (Å²) in [4.78, 5) is 35.3. The maximum Gasteiger partial charge on any atom is 0.306 e. The second-order valence-electron chi connectivity index (χ2n) is 5.81. The van der Waals surface area contributed by atoms with Gasteiger partial charge in [0.15, 0.2) is 6.61 Å². The molecule has 2 amide bonds. The van der Waals surface area contributed by atoms with Crippen LogP contribution in [0.3, 0.4) is 0 Å². The molecule has 0 saturated heterocycles. The van der Waals surface area contributed by atoms with Crippen molar-refractivity contribution in [3.8, 4) is 0 Å². The Bertz CT molecular complexity index is 789. The van der Waals surface area contributed by atoms with Gasteiger partial charge in [0.2, 0.25) is 5.91 Å². The number of rotatable bonds is 8. The minimum atomic E-state index is -0.600. The Morgan fingerprint density at radius 1 is 0.852 bits per heavy atom. The number of ether oxygens (including phenoxy) is 1. The van der Waals surface area contributed by atoms with Gasteiger partial charge in [0.25, 0.3) is 5.91 Å². The van der Waals surface area contributed by atoms with Gasteiger partial charge in [0, 0.05) is 22.3 Å². The summed E-state index contributed by atoms with van der Waals surface area (Å²) in [6, 6.07) is 14.5. The van der Waals surface area contributed by atoms with Gasteiger partial charge >= 0.3 is 5.97 Å². The zero-order chi connectivity index (χ0) is 19.6. The molecule has 0 fully saturated rings. The lowest BCUT2D eigenvalue weighted by Gasteiger charge is -2.08. The maximum atomic E-state index is 11.8. The predicted molar refractivity (Wildman–Crippen MR) is 107 cm³/mol. The molecule has 0 spiro atoms. The molecule has 0 radical (unpaired) electrons. The van der Waals surface area contributed by atoms with Crippen molar-refractivity contribution in [3.05, 3.63) is 58.6 Å². The number of esters is 1. The number of anilines is 2. The normalized spacial score (nSPS) is 10.1. The van der Waals surface area contributed by atoms with Gasteiger partial charge in [-0.3, -0.25) is 14.4 Å². The zero-order valence-corrected chi connectivity index (χ0v) is 16.5. The van der Waals surface area contributed by atoms with Crippen molar-refractivity contribution in [1.29, 1.82) is 0 Å². The molecule has 6 nitrogen and oxygen atoms in total. The minimum Gasteiger partial charge on any atom is -0.456 e. The minimum absolute atomic E-state index is 0.0189. The van der Waals surface area contributed by atoms with Crippen LogP contribution < -0.4 is 10.6 Å². The van der Waals surface area contributed by atoms with E-state index in [4.69, 9.17) is 4.74 Å². The third-order valence-electron chi connectivity index (χ3n) is 3.69. The summed E-state index contributed by atoms with van der Waals surface area (Å²) in [5, 5.41) is 5.34.